The molecular formula is C17H22N2O4S. The van der Waals surface area contributed by atoms with Crippen LogP contribution in [0, 0.1) is 27.7 Å². The van der Waals surface area contributed by atoms with Gasteiger partial charge in [0.15, 0.2) is 0 Å². The van der Waals surface area contributed by atoms with Crippen LogP contribution in [0.5, 0.6) is 0 Å². The van der Waals surface area contributed by atoms with Gasteiger partial charge in [0.05, 0.1) is 12.3 Å². The summed E-state index contributed by atoms with van der Waals surface area (Å²) in [5.41, 5.74) is 3.12. The number of sulfonamides is 1. The van der Waals surface area contributed by atoms with E-state index in [4.69, 9.17) is 4.74 Å². The lowest BCUT2D eigenvalue weighted by Crippen LogP contribution is -2.16. The van der Waals surface area contributed by atoms with Gasteiger partial charge in [0.2, 0.25) is 0 Å². The minimum Gasteiger partial charge on any atom is -0.461 e. The second-order valence-corrected chi connectivity index (χ2v) is 7.29. The van der Waals surface area contributed by atoms with Gasteiger partial charge in [-0.3, -0.25) is 4.72 Å². The first-order valence-electron chi connectivity index (χ1n) is 7.64. The Morgan fingerprint density at radius 3 is 2.29 bits per heavy atom. The van der Waals surface area contributed by atoms with Crippen LogP contribution < -0.4 is 4.72 Å². The Kier molecular flexibility index (Phi) is 5.03. The fourth-order valence-electron chi connectivity index (χ4n) is 2.70. The van der Waals surface area contributed by atoms with Gasteiger partial charge in [-0.25, -0.2) is 13.2 Å². The van der Waals surface area contributed by atoms with E-state index in [9.17, 15) is 13.2 Å². The van der Waals surface area contributed by atoms with Crippen LogP contribution in [0.2, 0.25) is 0 Å². The molecule has 2 N–H and O–H groups in total. The van der Waals surface area contributed by atoms with E-state index in [1.165, 1.54) is 0 Å². The van der Waals surface area contributed by atoms with Crippen molar-refractivity contribution < 1.29 is 17.9 Å². The molecule has 0 aliphatic heterocycles. The number of hydrogen-bond donors (Lipinski definition) is 2. The summed E-state index contributed by atoms with van der Waals surface area (Å²) >= 11 is 0. The van der Waals surface area contributed by atoms with Gasteiger partial charge in [0.1, 0.15) is 10.6 Å². The van der Waals surface area contributed by atoms with E-state index in [1.54, 1.807) is 20.8 Å². The highest BCUT2D eigenvalue weighted by molar-refractivity contribution is 7.92. The Morgan fingerprint density at radius 1 is 1.17 bits per heavy atom. The Hall–Kier alpha value is -2.28. The van der Waals surface area contributed by atoms with Crippen molar-refractivity contribution >= 4 is 21.7 Å². The zero-order chi connectivity index (χ0) is 18.1. The number of nitrogens with one attached hydrogen (secondary N) is 2. The third-order valence-corrected chi connectivity index (χ3v) is 5.46. The highest BCUT2D eigenvalue weighted by Crippen LogP contribution is 2.28. The maximum Gasteiger partial charge on any atom is 0.355 e. The van der Waals surface area contributed by atoms with Crippen LogP contribution in [0.1, 0.15) is 39.8 Å². The summed E-state index contributed by atoms with van der Waals surface area (Å²) in [4.78, 5) is 14.9. The van der Waals surface area contributed by atoms with Crippen molar-refractivity contribution in [3.8, 4) is 0 Å². The molecule has 24 heavy (non-hydrogen) atoms. The van der Waals surface area contributed by atoms with E-state index >= 15 is 0 Å². The number of H-pyrrole nitrogens is 1. The van der Waals surface area contributed by atoms with Gasteiger partial charge in [-0.1, -0.05) is 18.2 Å². The molecule has 0 aliphatic carbocycles. The number of esters is 1. The predicted octanol–water partition coefficient (Wildman–Crippen LogP) is 3.23. The molecule has 2 aromatic rings. The van der Waals surface area contributed by atoms with Crippen molar-refractivity contribution in [2.24, 2.45) is 0 Å². The maximum atomic E-state index is 12.9. The normalized spacial score (nSPS) is 11.4. The molecule has 0 radical (unpaired) electrons. The van der Waals surface area contributed by atoms with E-state index in [2.05, 4.69) is 9.71 Å². The molecule has 0 unspecified atom stereocenters. The Labute approximate surface area is 142 Å². The summed E-state index contributed by atoms with van der Waals surface area (Å²) in [7, 11) is -3.84. The molecule has 0 atom stereocenters. The monoisotopic (exact) mass is 350 g/mol. The molecule has 0 saturated heterocycles. The average Bonchev–Trinajstić information content (AvgIpc) is 2.79. The summed E-state index contributed by atoms with van der Waals surface area (Å²) in [5, 5.41) is 0. The van der Waals surface area contributed by atoms with Crippen LogP contribution in [0.3, 0.4) is 0 Å². The average molecular weight is 350 g/mol. The standard InChI is InChI=1S/C17H22N2O4S/c1-6-23-17(20)15-12(4)16(13(5)18-15)24(21,22)19-14-10(2)8-7-9-11(14)3/h7-9,18-19H,6H2,1-5H3. The molecule has 1 heterocycles. The molecule has 1 aromatic heterocycles. The lowest BCUT2D eigenvalue weighted by molar-refractivity contribution is 0.0519. The van der Waals surface area contributed by atoms with Crippen LogP contribution in [-0.2, 0) is 14.8 Å². The van der Waals surface area contributed by atoms with Gasteiger partial charge in [-0.05, 0) is 45.7 Å². The Bertz CT molecular complexity index is 862. The molecule has 0 amide bonds. The number of carbonyl (C=O) groups excluding carboxylic acids is 1. The van der Waals surface area contributed by atoms with Crippen molar-refractivity contribution in [3.63, 3.8) is 0 Å². The Balaban J connectivity index is 2.49. The molecule has 130 valence electrons. The molecular weight excluding hydrogens is 328 g/mol. The van der Waals surface area contributed by atoms with E-state index in [1.807, 2.05) is 32.0 Å². The molecule has 0 spiro atoms. The van der Waals surface area contributed by atoms with Crippen LogP contribution in [0.4, 0.5) is 5.69 Å². The van der Waals surface area contributed by atoms with Gasteiger partial charge in [-0.15, -0.1) is 0 Å². The fourth-order valence-corrected chi connectivity index (χ4v) is 4.36. The predicted molar refractivity (Wildman–Crippen MR) is 92.9 cm³/mol. The largest absolute Gasteiger partial charge is 0.461 e. The number of aromatic amines is 1. The summed E-state index contributed by atoms with van der Waals surface area (Å²) in [5.74, 6) is -0.563. The quantitative estimate of drug-likeness (QED) is 0.810. The molecule has 6 nitrogen and oxygen atoms in total. The number of hydrogen-bond acceptors (Lipinski definition) is 4. The van der Waals surface area contributed by atoms with Gasteiger partial charge < -0.3 is 9.72 Å². The van der Waals surface area contributed by atoms with Crippen molar-refractivity contribution in [2.75, 3.05) is 11.3 Å². The number of carbonyl (C=O) groups is 1. The SMILES string of the molecule is CCOC(=O)c1[nH]c(C)c(S(=O)(=O)Nc2c(C)cccc2C)c1C. The van der Waals surface area contributed by atoms with E-state index < -0.39 is 16.0 Å². The fraction of sp³-hybridized carbons (Fsp3) is 0.353. The molecule has 0 aliphatic rings. The maximum absolute atomic E-state index is 12.9. The smallest absolute Gasteiger partial charge is 0.355 e. The highest BCUT2D eigenvalue weighted by Gasteiger charge is 2.27. The van der Waals surface area contributed by atoms with E-state index in [0.29, 0.717) is 16.9 Å². The van der Waals surface area contributed by atoms with Crippen molar-refractivity contribution in [3.05, 3.63) is 46.3 Å². The summed E-state index contributed by atoms with van der Waals surface area (Å²) < 4.78 is 33.3. The Morgan fingerprint density at radius 2 is 1.75 bits per heavy atom. The summed E-state index contributed by atoms with van der Waals surface area (Å²) in [6.45, 7) is 8.81. The number of para-hydroxylation sites is 1. The van der Waals surface area contributed by atoms with Crippen LogP contribution in [0.25, 0.3) is 0 Å². The second kappa shape index (κ2) is 6.68. The van der Waals surface area contributed by atoms with Gasteiger partial charge >= 0.3 is 5.97 Å². The van der Waals surface area contributed by atoms with Crippen LogP contribution >= 0.6 is 0 Å². The number of aromatic nitrogens is 1. The summed E-state index contributed by atoms with van der Waals surface area (Å²) in [6, 6.07) is 5.55. The zero-order valence-electron chi connectivity index (χ0n) is 14.5. The van der Waals surface area contributed by atoms with Crippen molar-refractivity contribution in [1.29, 1.82) is 0 Å². The first-order valence-corrected chi connectivity index (χ1v) is 9.12. The zero-order valence-corrected chi connectivity index (χ0v) is 15.3. The second-order valence-electron chi connectivity index (χ2n) is 5.67. The summed E-state index contributed by atoms with van der Waals surface area (Å²) in [6.07, 6.45) is 0. The number of rotatable bonds is 5. The molecule has 0 bridgehead atoms. The molecule has 7 heteroatoms. The molecule has 0 fully saturated rings. The molecule has 2 rings (SSSR count). The van der Waals surface area contributed by atoms with E-state index in [-0.39, 0.29) is 17.2 Å². The van der Waals surface area contributed by atoms with Gasteiger partial charge in [0, 0.05) is 11.3 Å². The third-order valence-electron chi connectivity index (χ3n) is 3.83. The number of anilines is 1. The van der Waals surface area contributed by atoms with Gasteiger partial charge in [-0.2, -0.15) is 0 Å². The van der Waals surface area contributed by atoms with E-state index in [0.717, 1.165) is 11.1 Å². The van der Waals surface area contributed by atoms with Crippen LogP contribution in [0.15, 0.2) is 23.1 Å². The highest BCUT2D eigenvalue weighted by atomic mass is 32.2. The molecule has 1 aromatic carbocycles. The first-order chi connectivity index (χ1) is 11.2. The van der Waals surface area contributed by atoms with Crippen molar-refractivity contribution in [2.45, 2.75) is 39.5 Å². The topological polar surface area (TPSA) is 88.3 Å². The van der Waals surface area contributed by atoms with Gasteiger partial charge in [0.25, 0.3) is 10.0 Å². The minimum absolute atomic E-state index is 0.0770. The number of benzene rings is 1. The number of aryl methyl sites for hydroxylation is 3. The first kappa shape index (κ1) is 18.1. The third kappa shape index (κ3) is 3.31. The van der Waals surface area contributed by atoms with Crippen molar-refractivity contribution in [1.82, 2.24) is 4.98 Å². The number of ether oxygens (including phenoxy) is 1. The minimum atomic E-state index is -3.84. The molecule has 0 saturated carbocycles. The van der Waals surface area contributed by atoms with Crippen LogP contribution in [-0.4, -0.2) is 26.0 Å². The lowest BCUT2D eigenvalue weighted by atomic mass is 10.1. The lowest BCUT2D eigenvalue weighted by Gasteiger charge is -2.13.